The van der Waals surface area contributed by atoms with Gasteiger partial charge in [0.2, 0.25) is 15.8 Å². The Morgan fingerprint density at radius 2 is 1.65 bits per heavy atom. The summed E-state index contributed by atoms with van der Waals surface area (Å²) in [5.41, 5.74) is 0.719. The number of aryl methyl sites for hydroxylation is 2. The van der Waals surface area contributed by atoms with E-state index in [1.54, 1.807) is 18.6 Å². The molecule has 31 heavy (non-hydrogen) atoms. The van der Waals surface area contributed by atoms with Crippen molar-refractivity contribution in [3.63, 3.8) is 0 Å². The molecule has 1 aromatic carbocycles. The van der Waals surface area contributed by atoms with E-state index in [0.29, 0.717) is 32.0 Å². The van der Waals surface area contributed by atoms with Crippen LogP contribution < -0.4 is 5.56 Å². The molecule has 0 atom stereocenters. The van der Waals surface area contributed by atoms with Gasteiger partial charge in [0.25, 0.3) is 5.56 Å². The molecule has 0 N–H and O–H groups in total. The molecular formula is C21H28N6O3S. The Morgan fingerprint density at radius 1 is 0.935 bits per heavy atom. The van der Waals surface area contributed by atoms with Gasteiger partial charge in [-0.25, -0.2) is 8.42 Å². The molecule has 166 valence electrons. The van der Waals surface area contributed by atoms with Crippen LogP contribution in [-0.2, 0) is 23.1 Å². The third kappa shape index (κ3) is 5.65. The highest BCUT2D eigenvalue weighted by molar-refractivity contribution is 7.89. The van der Waals surface area contributed by atoms with E-state index >= 15 is 0 Å². The van der Waals surface area contributed by atoms with Gasteiger partial charge in [0.05, 0.1) is 11.4 Å². The van der Waals surface area contributed by atoms with Gasteiger partial charge in [-0.05, 0) is 30.5 Å². The first-order chi connectivity index (χ1) is 15.0. The van der Waals surface area contributed by atoms with Gasteiger partial charge in [-0.15, -0.1) is 10.2 Å². The van der Waals surface area contributed by atoms with E-state index in [4.69, 9.17) is 0 Å². The number of hydrogen-bond donors (Lipinski definition) is 0. The first-order valence-electron chi connectivity index (χ1n) is 10.5. The Bertz CT molecular complexity index is 1140. The highest BCUT2D eigenvalue weighted by atomic mass is 32.2. The molecule has 0 aliphatic rings. The van der Waals surface area contributed by atoms with Crippen molar-refractivity contribution >= 4 is 10.0 Å². The molecule has 0 saturated carbocycles. The lowest BCUT2D eigenvalue weighted by Crippen LogP contribution is -2.32. The summed E-state index contributed by atoms with van der Waals surface area (Å²) >= 11 is 0. The van der Waals surface area contributed by atoms with E-state index < -0.39 is 10.0 Å². The maximum absolute atomic E-state index is 12.7. The van der Waals surface area contributed by atoms with Crippen molar-refractivity contribution < 1.29 is 8.42 Å². The minimum atomic E-state index is -3.59. The Hall–Kier alpha value is -2.85. The fourth-order valence-electron chi connectivity index (χ4n) is 3.30. The molecule has 2 heterocycles. The lowest BCUT2D eigenvalue weighted by molar-refractivity contribution is 0.443. The van der Waals surface area contributed by atoms with Crippen LogP contribution in [0.4, 0.5) is 0 Å². The smallest absolute Gasteiger partial charge is 0.250 e. The number of tetrazole rings is 1. The van der Waals surface area contributed by atoms with Crippen LogP contribution in [0.15, 0.2) is 58.4 Å². The molecule has 10 heteroatoms. The predicted molar refractivity (Wildman–Crippen MR) is 118 cm³/mol. The maximum atomic E-state index is 12.7. The summed E-state index contributed by atoms with van der Waals surface area (Å²) in [6.07, 6.45) is 3.87. The van der Waals surface area contributed by atoms with E-state index in [-0.39, 0.29) is 10.5 Å². The zero-order chi connectivity index (χ0) is 22.3. The topological polar surface area (TPSA) is 103 Å². The number of benzene rings is 1. The average Bonchev–Trinajstić information content (AvgIpc) is 3.25. The molecule has 0 saturated heterocycles. The molecule has 0 amide bonds. The zero-order valence-electron chi connectivity index (χ0n) is 17.9. The third-order valence-corrected chi connectivity index (χ3v) is 7.07. The number of aromatic nitrogens is 5. The summed E-state index contributed by atoms with van der Waals surface area (Å²) in [5.74, 6) is 0.596. The van der Waals surface area contributed by atoms with Crippen LogP contribution in [0.3, 0.4) is 0 Å². The van der Waals surface area contributed by atoms with E-state index in [1.165, 1.54) is 27.2 Å². The summed E-state index contributed by atoms with van der Waals surface area (Å²) in [7, 11) is -3.59. The molecule has 0 bridgehead atoms. The summed E-state index contributed by atoms with van der Waals surface area (Å²) < 4.78 is 28.2. The second-order valence-corrected chi connectivity index (χ2v) is 9.06. The molecule has 0 spiro atoms. The van der Waals surface area contributed by atoms with Crippen LogP contribution in [0.5, 0.6) is 0 Å². The first kappa shape index (κ1) is 22.8. The Kier molecular flexibility index (Phi) is 7.69. The summed E-state index contributed by atoms with van der Waals surface area (Å²) in [5, 5.41) is 12.6. The van der Waals surface area contributed by atoms with Gasteiger partial charge < -0.3 is 4.57 Å². The SMILES string of the molecule is CCN(CC)S(=O)(=O)c1ccc(=O)n(CCCCCn2nnc(-c3ccccc3)n2)c1. The van der Waals surface area contributed by atoms with Gasteiger partial charge in [-0.3, -0.25) is 4.79 Å². The van der Waals surface area contributed by atoms with Crippen molar-refractivity contribution in [1.29, 1.82) is 0 Å². The largest absolute Gasteiger partial charge is 0.314 e. The number of nitrogens with zero attached hydrogens (tertiary/aromatic N) is 6. The van der Waals surface area contributed by atoms with Crippen LogP contribution in [0.2, 0.25) is 0 Å². The van der Waals surface area contributed by atoms with Gasteiger partial charge in [0.15, 0.2) is 0 Å². The van der Waals surface area contributed by atoms with E-state index in [0.717, 1.165) is 24.8 Å². The van der Waals surface area contributed by atoms with Crippen LogP contribution in [0.25, 0.3) is 11.4 Å². The second kappa shape index (κ2) is 10.5. The maximum Gasteiger partial charge on any atom is 0.250 e. The minimum Gasteiger partial charge on any atom is -0.314 e. The van der Waals surface area contributed by atoms with Gasteiger partial charge in [0, 0.05) is 37.5 Å². The van der Waals surface area contributed by atoms with Crippen molar-refractivity contribution in [3.8, 4) is 11.4 Å². The predicted octanol–water partition coefficient (Wildman–Crippen LogP) is 2.40. The molecule has 0 radical (unpaired) electrons. The third-order valence-electron chi connectivity index (χ3n) is 5.04. The van der Waals surface area contributed by atoms with E-state index in [1.807, 2.05) is 30.3 Å². The van der Waals surface area contributed by atoms with Crippen molar-refractivity contribution in [2.75, 3.05) is 13.1 Å². The minimum absolute atomic E-state index is 0.149. The van der Waals surface area contributed by atoms with E-state index in [9.17, 15) is 13.2 Å². The number of sulfonamides is 1. The van der Waals surface area contributed by atoms with Crippen molar-refractivity contribution in [2.24, 2.45) is 0 Å². The molecule has 0 aliphatic heterocycles. The summed E-state index contributed by atoms with van der Waals surface area (Å²) in [6.45, 7) is 5.46. The van der Waals surface area contributed by atoms with Crippen LogP contribution >= 0.6 is 0 Å². The Balaban J connectivity index is 1.53. The number of rotatable bonds is 11. The molecule has 3 rings (SSSR count). The lowest BCUT2D eigenvalue weighted by Gasteiger charge is -2.19. The molecule has 0 fully saturated rings. The quantitative estimate of drug-likeness (QED) is 0.421. The highest BCUT2D eigenvalue weighted by Gasteiger charge is 2.22. The summed E-state index contributed by atoms with van der Waals surface area (Å²) in [4.78, 5) is 13.9. The normalized spacial score (nSPS) is 11.8. The summed E-state index contributed by atoms with van der Waals surface area (Å²) in [6, 6.07) is 12.4. The average molecular weight is 445 g/mol. The monoisotopic (exact) mass is 444 g/mol. The zero-order valence-corrected chi connectivity index (χ0v) is 18.7. The fourth-order valence-corrected chi connectivity index (χ4v) is 4.78. The molecule has 3 aromatic rings. The lowest BCUT2D eigenvalue weighted by atomic mass is 10.2. The Morgan fingerprint density at radius 3 is 2.35 bits per heavy atom. The van der Waals surface area contributed by atoms with Gasteiger partial charge in [-0.1, -0.05) is 44.2 Å². The molecule has 9 nitrogen and oxygen atoms in total. The number of hydrogen-bond acceptors (Lipinski definition) is 6. The van der Waals surface area contributed by atoms with Crippen molar-refractivity contribution in [1.82, 2.24) is 29.1 Å². The second-order valence-electron chi connectivity index (χ2n) is 7.12. The van der Waals surface area contributed by atoms with Gasteiger partial charge in [0.1, 0.15) is 0 Å². The van der Waals surface area contributed by atoms with Crippen LogP contribution in [0, 0.1) is 0 Å². The highest BCUT2D eigenvalue weighted by Crippen LogP contribution is 2.14. The fraction of sp³-hybridized carbons (Fsp3) is 0.429. The Labute approximate surface area is 182 Å². The molecule has 0 unspecified atom stereocenters. The van der Waals surface area contributed by atoms with E-state index in [2.05, 4.69) is 15.4 Å². The molecule has 0 aliphatic carbocycles. The molecule has 2 aromatic heterocycles. The van der Waals surface area contributed by atoms with Crippen molar-refractivity contribution in [2.45, 2.75) is 51.1 Å². The van der Waals surface area contributed by atoms with Crippen LogP contribution in [-0.4, -0.2) is 50.6 Å². The number of pyridine rings is 1. The van der Waals surface area contributed by atoms with Crippen LogP contribution in [0.1, 0.15) is 33.1 Å². The van der Waals surface area contributed by atoms with Gasteiger partial charge in [-0.2, -0.15) is 9.10 Å². The standard InChI is InChI=1S/C21H28N6O3S/c1-3-26(4-2)31(29,30)19-13-14-20(28)25(17-19)15-9-6-10-16-27-23-21(22-24-27)18-11-7-5-8-12-18/h5,7-8,11-14,17H,3-4,6,9-10,15-16H2,1-2H3. The van der Waals surface area contributed by atoms with Gasteiger partial charge >= 0.3 is 0 Å². The first-order valence-corrected chi connectivity index (χ1v) is 11.9. The van der Waals surface area contributed by atoms with Crippen molar-refractivity contribution in [3.05, 3.63) is 59.0 Å². The molecular weight excluding hydrogens is 416 g/mol. The number of unbranched alkanes of at least 4 members (excludes halogenated alkanes) is 2.